The third-order valence-corrected chi connectivity index (χ3v) is 9.52. The molecule has 0 aliphatic heterocycles. The van der Waals surface area contributed by atoms with Gasteiger partial charge in [-0.15, -0.1) is 0 Å². The van der Waals surface area contributed by atoms with Crippen molar-refractivity contribution < 1.29 is 0 Å². The first-order chi connectivity index (χ1) is 12.7. The van der Waals surface area contributed by atoms with E-state index in [-0.39, 0.29) is 0 Å². The predicted molar refractivity (Wildman–Crippen MR) is 120 cm³/mol. The van der Waals surface area contributed by atoms with Gasteiger partial charge in [0.1, 0.15) is 0 Å². The van der Waals surface area contributed by atoms with Crippen molar-refractivity contribution in [2.75, 3.05) is 0 Å². The summed E-state index contributed by atoms with van der Waals surface area (Å²) in [4.78, 5) is 9.35. The first-order valence-corrected chi connectivity index (χ1v) is 16.9. The monoisotopic (exact) mass is 416 g/mol. The molecule has 27 heavy (non-hydrogen) atoms. The Hall–Kier alpha value is -2.20. The van der Waals surface area contributed by atoms with Gasteiger partial charge in [0.25, 0.3) is 0 Å². The molecule has 0 bridgehead atoms. The maximum absolute atomic E-state index is 4.70. The molecule has 0 amide bonds. The molecule has 0 saturated carbocycles. The summed E-state index contributed by atoms with van der Waals surface area (Å²) in [6.45, 7) is 6.50. The molecular weight excluding hydrogens is 389 g/mol. The second-order valence-corrected chi connectivity index (χ2v) is 19.4. The van der Waals surface area contributed by atoms with Crippen LogP contribution in [0, 0.1) is 20.8 Å². The van der Waals surface area contributed by atoms with E-state index in [9.17, 15) is 0 Å². The third-order valence-electron chi connectivity index (χ3n) is 5.28. The van der Waals surface area contributed by atoms with E-state index in [0.717, 1.165) is 16.6 Å². The zero-order chi connectivity index (χ0) is 19.3. The quantitative estimate of drug-likeness (QED) is 0.300. The van der Waals surface area contributed by atoms with Crippen molar-refractivity contribution in [2.24, 2.45) is 0 Å². The Balaban J connectivity index is 2.04. The topological polar surface area (TPSA) is 25.8 Å². The Bertz CT molecular complexity index is 1170. The summed E-state index contributed by atoms with van der Waals surface area (Å²) < 4.78 is 1.54. The molecule has 0 N–H and O–H groups in total. The number of rotatable bonds is 2. The Labute approximate surface area is 164 Å². The summed E-state index contributed by atoms with van der Waals surface area (Å²) in [5, 5.41) is 3.68. The van der Waals surface area contributed by atoms with Crippen LogP contribution in [-0.2, 0) is 0 Å². The van der Waals surface area contributed by atoms with E-state index in [2.05, 4.69) is 85.5 Å². The maximum atomic E-state index is 4.70. The van der Waals surface area contributed by atoms with Gasteiger partial charge in [-0.05, 0) is 0 Å². The molecular formula is C24H26GeN2. The Morgan fingerprint density at radius 1 is 0.778 bits per heavy atom. The molecule has 2 nitrogen and oxygen atoms in total. The van der Waals surface area contributed by atoms with Gasteiger partial charge < -0.3 is 0 Å². The van der Waals surface area contributed by atoms with Gasteiger partial charge in [0.2, 0.25) is 0 Å². The molecule has 0 spiro atoms. The van der Waals surface area contributed by atoms with Crippen LogP contribution in [0.4, 0.5) is 0 Å². The van der Waals surface area contributed by atoms with Gasteiger partial charge in [-0.3, -0.25) is 0 Å². The van der Waals surface area contributed by atoms with Crippen molar-refractivity contribution in [3.8, 4) is 11.3 Å². The summed E-state index contributed by atoms with van der Waals surface area (Å²) in [5.74, 6) is 7.34. The molecule has 0 fully saturated rings. The fraction of sp³-hybridized carbons (Fsp3) is 0.250. The van der Waals surface area contributed by atoms with Crippen molar-refractivity contribution in [2.45, 2.75) is 38.0 Å². The minimum atomic E-state index is -1.88. The number of aryl methyl sites for hydroxylation is 3. The molecule has 1 heterocycles. The molecule has 0 aliphatic rings. The molecule has 0 saturated heterocycles. The van der Waals surface area contributed by atoms with Gasteiger partial charge in [-0.2, -0.15) is 0 Å². The van der Waals surface area contributed by atoms with Crippen molar-refractivity contribution in [3.63, 3.8) is 0 Å². The van der Waals surface area contributed by atoms with Crippen LogP contribution in [-0.4, -0.2) is 23.2 Å². The molecule has 0 aliphatic carbocycles. The van der Waals surface area contributed by atoms with Crippen molar-refractivity contribution in [3.05, 3.63) is 65.5 Å². The summed E-state index contributed by atoms with van der Waals surface area (Å²) in [6.07, 6.45) is 1.71. The molecule has 0 radical (unpaired) electrons. The molecule has 1 aromatic heterocycles. The van der Waals surface area contributed by atoms with Crippen LogP contribution >= 0.6 is 0 Å². The van der Waals surface area contributed by atoms with Gasteiger partial charge in [0.15, 0.2) is 0 Å². The van der Waals surface area contributed by atoms with E-state index in [1.165, 1.54) is 33.0 Å². The number of aromatic nitrogens is 2. The van der Waals surface area contributed by atoms with E-state index in [4.69, 9.17) is 4.98 Å². The van der Waals surface area contributed by atoms with E-state index < -0.39 is 13.3 Å². The van der Waals surface area contributed by atoms with Crippen LogP contribution in [0.1, 0.15) is 16.7 Å². The Morgan fingerprint density at radius 2 is 1.48 bits per heavy atom. The summed E-state index contributed by atoms with van der Waals surface area (Å²) in [7, 11) is 0. The van der Waals surface area contributed by atoms with E-state index in [0.29, 0.717) is 0 Å². The summed E-state index contributed by atoms with van der Waals surface area (Å²) in [5.41, 5.74) is 7.08. The van der Waals surface area contributed by atoms with Crippen LogP contribution in [0.25, 0.3) is 32.9 Å². The van der Waals surface area contributed by atoms with Crippen molar-refractivity contribution in [1.29, 1.82) is 0 Å². The van der Waals surface area contributed by atoms with Gasteiger partial charge in [-0.25, -0.2) is 0 Å². The van der Waals surface area contributed by atoms with Crippen LogP contribution in [0.15, 0.2) is 48.8 Å². The molecule has 4 aromatic rings. The fourth-order valence-electron chi connectivity index (χ4n) is 3.97. The average Bonchev–Trinajstić information content (AvgIpc) is 2.59. The zero-order valence-corrected chi connectivity index (χ0v) is 19.1. The standard InChI is InChI=1S/C24H26GeN2/c1-15-9-16(2)11-19(10-15)23-21-8-7-18-13-20(25(4,5)6)12-17(3)22(18)24(21)27-14-26-23/h7-14H,1-6H3. The number of benzene rings is 3. The SMILES string of the molecule is Cc1cc(C)cc(-c2ncnc3c2ccc2c[c]([Ge]([CH3])([CH3])[CH3])cc(C)c23)c1. The van der Waals surface area contributed by atoms with Crippen molar-refractivity contribution >= 4 is 39.3 Å². The fourth-order valence-corrected chi connectivity index (χ4v) is 6.57. The Morgan fingerprint density at radius 3 is 2.15 bits per heavy atom. The number of nitrogens with zero attached hydrogens (tertiary/aromatic N) is 2. The molecule has 136 valence electrons. The Kier molecular flexibility index (Phi) is 4.34. The van der Waals surface area contributed by atoms with Gasteiger partial charge in [0.05, 0.1) is 0 Å². The summed E-state index contributed by atoms with van der Waals surface area (Å²) >= 11 is -1.88. The van der Waals surface area contributed by atoms with Gasteiger partial charge in [0, 0.05) is 0 Å². The van der Waals surface area contributed by atoms with E-state index in [1.807, 2.05) is 0 Å². The van der Waals surface area contributed by atoms with Crippen LogP contribution < -0.4 is 4.40 Å². The molecule has 0 atom stereocenters. The average molecular weight is 415 g/mol. The van der Waals surface area contributed by atoms with Crippen LogP contribution in [0.3, 0.4) is 0 Å². The molecule has 3 aromatic carbocycles. The zero-order valence-electron chi connectivity index (χ0n) is 17.0. The van der Waals surface area contributed by atoms with Crippen LogP contribution in [0.2, 0.25) is 17.3 Å². The van der Waals surface area contributed by atoms with Gasteiger partial charge in [-0.1, -0.05) is 0 Å². The summed E-state index contributed by atoms with van der Waals surface area (Å²) in [6, 6.07) is 15.8. The second-order valence-electron chi connectivity index (χ2n) is 8.70. The third kappa shape index (κ3) is 3.27. The number of fused-ring (bicyclic) bond motifs is 3. The number of hydrogen-bond acceptors (Lipinski definition) is 2. The molecule has 4 rings (SSSR count). The van der Waals surface area contributed by atoms with E-state index >= 15 is 0 Å². The minimum absolute atomic E-state index is 1.02. The van der Waals surface area contributed by atoms with Crippen molar-refractivity contribution in [1.82, 2.24) is 9.97 Å². The molecule has 0 unspecified atom stereocenters. The van der Waals surface area contributed by atoms with Crippen LogP contribution in [0.5, 0.6) is 0 Å². The van der Waals surface area contributed by atoms with E-state index in [1.54, 1.807) is 10.7 Å². The van der Waals surface area contributed by atoms with Gasteiger partial charge >= 0.3 is 164 Å². The number of hydrogen-bond donors (Lipinski definition) is 0. The normalized spacial score (nSPS) is 12.1. The molecule has 3 heteroatoms. The second kappa shape index (κ2) is 6.45. The predicted octanol–water partition coefficient (Wildman–Crippen LogP) is 5.92. The first-order valence-electron chi connectivity index (χ1n) is 9.51. The first kappa shape index (κ1) is 18.2.